The van der Waals surface area contributed by atoms with Crippen molar-refractivity contribution >= 4 is 6.21 Å². The maximum atomic E-state index is 9.40. The number of aliphatic imine (C=N–C) groups is 1. The van der Waals surface area contributed by atoms with Crippen LogP contribution in [-0.4, -0.2) is 24.0 Å². The molecular weight excluding hydrogens is 222 g/mol. The van der Waals surface area contributed by atoms with Gasteiger partial charge in [0.15, 0.2) is 0 Å². The van der Waals surface area contributed by atoms with Crippen molar-refractivity contribution in [1.29, 1.82) is 0 Å². The van der Waals surface area contributed by atoms with Gasteiger partial charge in [-0.3, -0.25) is 4.99 Å². The maximum Gasteiger partial charge on any atom is 0.0778 e. The Balaban J connectivity index is 3.04. The first-order valence-corrected chi connectivity index (χ1v) is 6.47. The van der Waals surface area contributed by atoms with Crippen molar-refractivity contribution in [3.63, 3.8) is 0 Å². The normalized spacial score (nSPS) is 14.2. The molecule has 1 aromatic carbocycles. The molecule has 0 aliphatic rings. The maximum absolute atomic E-state index is 9.40. The lowest BCUT2D eigenvalue weighted by atomic mass is 9.87. The highest BCUT2D eigenvalue weighted by Gasteiger charge is 2.22. The fourth-order valence-corrected chi connectivity index (χ4v) is 1.92. The SMILES string of the molecule is Cc1cc(C)c(C)c(C=NC(CO)C(C)(C)C)c1. The lowest BCUT2D eigenvalue weighted by molar-refractivity contribution is 0.191. The number of aryl methyl sites for hydroxylation is 2. The predicted octanol–water partition coefficient (Wildman–Crippen LogP) is 3.44. The molecule has 0 spiro atoms. The topological polar surface area (TPSA) is 32.6 Å². The minimum Gasteiger partial charge on any atom is -0.394 e. The van der Waals surface area contributed by atoms with Gasteiger partial charge in [0.1, 0.15) is 0 Å². The first-order chi connectivity index (χ1) is 8.25. The van der Waals surface area contributed by atoms with Crippen LogP contribution in [0.5, 0.6) is 0 Å². The minimum atomic E-state index is -0.0577. The molecule has 2 nitrogen and oxygen atoms in total. The van der Waals surface area contributed by atoms with Crippen LogP contribution in [-0.2, 0) is 0 Å². The molecule has 1 N–H and O–H groups in total. The number of rotatable bonds is 3. The molecule has 1 unspecified atom stereocenters. The van der Waals surface area contributed by atoms with E-state index >= 15 is 0 Å². The predicted molar refractivity (Wildman–Crippen MR) is 78.6 cm³/mol. The molecule has 0 aromatic heterocycles. The van der Waals surface area contributed by atoms with Gasteiger partial charge in [0.2, 0.25) is 0 Å². The Morgan fingerprint density at radius 2 is 1.83 bits per heavy atom. The fraction of sp³-hybridized carbons (Fsp3) is 0.562. The van der Waals surface area contributed by atoms with Gasteiger partial charge >= 0.3 is 0 Å². The molecule has 0 amide bonds. The minimum absolute atomic E-state index is 0.0158. The van der Waals surface area contributed by atoms with Gasteiger partial charge in [-0.1, -0.05) is 38.5 Å². The molecule has 0 saturated heterocycles. The summed E-state index contributed by atoms with van der Waals surface area (Å²) in [6, 6.07) is 4.26. The van der Waals surface area contributed by atoms with Gasteiger partial charge in [-0.25, -0.2) is 0 Å². The monoisotopic (exact) mass is 247 g/mol. The van der Waals surface area contributed by atoms with Crippen LogP contribution < -0.4 is 0 Å². The van der Waals surface area contributed by atoms with Gasteiger partial charge in [0.25, 0.3) is 0 Å². The summed E-state index contributed by atoms with van der Waals surface area (Å²) in [6.07, 6.45) is 1.90. The summed E-state index contributed by atoms with van der Waals surface area (Å²) < 4.78 is 0. The van der Waals surface area contributed by atoms with Crippen LogP contribution in [0, 0.1) is 26.2 Å². The Kier molecular flexibility index (Phi) is 4.69. The highest BCUT2D eigenvalue weighted by Crippen LogP contribution is 2.22. The smallest absolute Gasteiger partial charge is 0.0778 e. The number of aliphatic hydroxyl groups is 1. The van der Waals surface area contributed by atoms with Crippen LogP contribution in [0.1, 0.15) is 43.0 Å². The highest BCUT2D eigenvalue weighted by molar-refractivity contribution is 5.82. The van der Waals surface area contributed by atoms with Gasteiger partial charge in [-0.2, -0.15) is 0 Å². The Morgan fingerprint density at radius 1 is 1.22 bits per heavy atom. The number of aliphatic hydroxyl groups excluding tert-OH is 1. The number of nitrogens with zero attached hydrogens (tertiary/aromatic N) is 1. The molecule has 0 radical (unpaired) electrons. The van der Waals surface area contributed by atoms with E-state index in [1.807, 2.05) is 6.21 Å². The summed E-state index contributed by atoms with van der Waals surface area (Å²) in [5, 5.41) is 9.40. The molecule has 0 fully saturated rings. The van der Waals surface area contributed by atoms with Gasteiger partial charge < -0.3 is 5.11 Å². The third kappa shape index (κ3) is 3.67. The van der Waals surface area contributed by atoms with E-state index in [4.69, 9.17) is 0 Å². The van der Waals surface area contributed by atoms with Crippen LogP contribution >= 0.6 is 0 Å². The average Bonchev–Trinajstić information content (AvgIpc) is 2.23. The number of benzene rings is 1. The van der Waals surface area contributed by atoms with Crippen LogP contribution in [0.25, 0.3) is 0 Å². The number of hydrogen-bond acceptors (Lipinski definition) is 2. The molecule has 0 bridgehead atoms. The molecular formula is C16H25NO. The van der Waals surface area contributed by atoms with E-state index in [2.05, 4.69) is 58.7 Å². The second-order valence-corrected chi connectivity index (χ2v) is 6.14. The first-order valence-electron chi connectivity index (χ1n) is 6.47. The highest BCUT2D eigenvalue weighted by atomic mass is 16.3. The summed E-state index contributed by atoms with van der Waals surface area (Å²) in [5.41, 5.74) is 4.92. The largest absolute Gasteiger partial charge is 0.394 e. The quantitative estimate of drug-likeness (QED) is 0.815. The van der Waals surface area contributed by atoms with Crippen LogP contribution in [0.2, 0.25) is 0 Å². The summed E-state index contributed by atoms with van der Waals surface area (Å²) >= 11 is 0. The lowest BCUT2D eigenvalue weighted by Crippen LogP contribution is -2.28. The lowest BCUT2D eigenvalue weighted by Gasteiger charge is -2.25. The first kappa shape index (κ1) is 14.9. The van der Waals surface area contributed by atoms with Crippen molar-refractivity contribution < 1.29 is 5.11 Å². The van der Waals surface area contributed by atoms with Crippen molar-refractivity contribution in [3.05, 3.63) is 34.4 Å². The van der Waals surface area contributed by atoms with Gasteiger partial charge in [0, 0.05) is 6.21 Å². The summed E-state index contributed by atoms with van der Waals surface area (Å²) in [5.74, 6) is 0. The zero-order valence-corrected chi connectivity index (χ0v) is 12.4. The van der Waals surface area contributed by atoms with Gasteiger partial charge in [-0.15, -0.1) is 0 Å². The second kappa shape index (κ2) is 5.66. The van der Waals surface area contributed by atoms with E-state index in [-0.39, 0.29) is 18.1 Å². The van der Waals surface area contributed by atoms with Crippen LogP contribution in [0.3, 0.4) is 0 Å². The zero-order valence-electron chi connectivity index (χ0n) is 12.4. The molecule has 18 heavy (non-hydrogen) atoms. The van der Waals surface area contributed by atoms with E-state index in [0.717, 1.165) is 5.56 Å². The summed E-state index contributed by atoms with van der Waals surface area (Å²) in [6.45, 7) is 12.7. The Labute approximate surface area is 111 Å². The average molecular weight is 247 g/mol. The van der Waals surface area contributed by atoms with Crippen LogP contribution in [0.15, 0.2) is 17.1 Å². The Bertz CT molecular complexity index is 441. The third-order valence-corrected chi connectivity index (χ3v) is 3.42. The Hall–Kier alpha value is -1.15. The molecule has 0 heterocycles. The van der Waals surface area contributed by atoms with Crippen molar-refractivity contribution in [1.82, 2.24) is 0 Å². The van der Waals surface area contributed by atoms with Gasteiger partial charge in [-0.05, 0) is 42.9 Å². The van der Waals surface area contributed by atoms with Crippen LogP contribution in [0.4, 0.5) is 0 Å². The van der Waals surface area contributed by atoms with E-state index in [0.29, 0.717) is 0 Å². The summed E-state index contributed by atoms with van der Waals surface area (Å²) in [4.78, 5) is 4.55. The third-order valence-electron chi connectivity index (χ3n) is 3.42. The zero-order chi connectivity index (χ0) is 13.9. The Morgan fingerprint density at radius 3 is 2.33 bits per heavy atom. The van der Waals surface area contributed by atoms with Gasteiger partial charge in [0.05, 0.1) is 12.6 Å². The standard InChI is InChI=1S/C16H25NO/c1-11-7-12(2)13(3)14(8-11)9-17-15(10-18)16(4,5)6/h7-9,15,18H,10H2,1-6H3. The molecule has 100 valence electrons. The van der Waals surface area contributed by atoms with Crippen molar-refractivity contribution in [3.8, 4) is 0 Å². The molecule has 2 heteroatoms. The van der Waals surface area contributed by atoms with E-state index in [1.54, 1.807) is 0 Å². The second-order valence-electron chi connectivity index (χ2n) is 6.14. The molecule has 1 atom stereocenters. The van der Waals surface area contributed by atoms with E-state index in [9.17, 15) is 5.11 Å². The van der Waals surface area contributed by atoms with Crippen molar-refractivity contribution in [2.24, 2.45) is 10.4 Å². The van der Waals surface area contributed by atoms with Crippen molar-refractivity contribution in [2.75, 3.05) is 6.61 Å². The molecule has 0 aliphatic heterocycles. The molecule has 1 rings (SSSR count). The molecule has 1 aromatic rings. The molecule has 0 aliphatic carbocycles. The van der Waals surface area contributed by atoms with Crippen molar-refractivity contribution in [2.45, 2.75) is 47.6 Å². The van der Waals surface area contributed by atoms with E-state index < -0.39 is 0 Å². The fourth-order valence-electron chi connectivity index (χ4n) is 1.92. The van der Waals surface area contributed by atoms with E-state index in [1.165, 1.54) is 16.7 Å². The number of hydrogen-bond donors (Lipinski definition) is 1. The molecule has 0 saturated carbocycles. The summed E-state index contributed by atoms with van der Waals surface area (Å²) in [7, 11) is 0.